The van der Waals surface area contributed by atoms with Crippen molar-refractivity contribution in [2.45, 2.75) is 6.92 Å². The minimum absolute atomic E-state index is 0.804. The fourth-order valence-electron chi connectivity index (χ4n) is 1.39. The van der Waals surface area contributed by atoms with Gasteiger partial charge < -0.3 is 4.42 Å². The molecule has 3 nitrogen and oxygen atoms in total. The fourth-order valence-corrected chi connectivity index (χ4v) is 2.24. The van der Waals surface area contributed by atoms with Crippen LogP contribution >= 0.6 is 11.3 Å². The normalized spacial score (nSPS) is 11.5. The third-order valence-corrected chi connectivity index (χ3v) is 2.88. The number of aryl methyl sites for hydroxylation is 1. The molecule has 0 spiro atoms. The first-order valence-corrected chi connectivity index (χ1v) is 4.75. The van der Waals surface area contributed by atoms with E-state index in [1.807, 2.05) is 19.1 Å². The predicted molar refractivity (Wildman–Crippen MR) is 51.9 cm³/mol. The Morgan fingerprint density at radius 3 is 3.15 bits per heavy atom. The lowest BCUT2D eigenvalue weighted by atomic mass is 10.3. The maximum Gasteiger partial charge on any atom is 0.181 e. The molecular formula is C9H6N2OS. The predicted octanol–water partition coefficient (Wildman–Crippen LogP) is 2.75. The summed E-state index contributed by atoms with van der Waals surface area (Å²) in [5.41, 5.74) is 2.70. The molecule has 0 aliphatic heterocycles. The van der Waals surface area contributed by atoms with Crippen LogP contribution in [0.2, 0.25) is 0 Å². The first-order chi connectivity index (χ1) is 6.33. The summed E-state index contributed by atoms with van der Waals surface area (Å²) in [7, 11) is 0. The van der Waals surface area contributed by atoms with Gasteiger partial charge >= 0.3 is 0 Å². The smallest absolute Gasteiger partial charge is 0.181 e. The van der Waals surface area contributed by atoms with Crippen LogP contribution in [0, 0.1) is 6.92 Å². The molecule has 13 heavy (non-hydrogen) atoms. The lowest BCUT2D eigenvalue weighted by Gasteiger charge is -1.85. The summed E-state index contributed by atoms with van der Waals surface area (Å²) in [4.78, 5) is 8.46. The van der Waals surface area contributed by atoms with E-state index in [1.54, 1.807) is 11.3 Å². The number of nitrogens with zero attached hydrogens (tertiary/aromatic N) is 2. The van der Waals surface area contributed by atoms with E-state index in [0.29, 0.717) is 0 Å². The van der Waals surface area contributed by atoms with Crippen LogP contribution in [0.5, 0.6) is 0 Å². The van der Waals surface area contributed by atoms with Crippen molar-refractivity contribution >= 4 is 32.7 Å². The first kappa shape index (κ1) is 7.03. The van der Waals surface area contributed by atoms with Crippen molar-refractivity contribution in [2.75, 3.05) is 0 Å². The zero-order valence-corrected chi connectivity index (χ0v) is 7.76. The van der Waals surface area contributed by atoms with Crippen molar-refractivity contribution in [3.8, 4) is 0 Å². The van der Waals surface area contributed by atoms with Crippen molar-refractivity contribution in [3.05, 3.63) is 23.5 Å². The Hall–Kier alpha value is -1.42. The molecule has 1 aromatic carbocycles. The third kappa shape index (κ3) is 0.954. The van der Waals surface area contributed by atoms with Gasteiger partial charge in [0.1, 0.15) is 5.52 Å². The molecule has 0 saturated heterocycles. The molecule has 0 aliphatic rings. The number of oxazole rings is 1. The maximum atomic E-state index is 5.19. The van der Waals surface area contributed by atoms with Crippen LogP contribution in [0.1, 0.15) is 5.01 Å². The molecule has 0 unspecified atom stereocenters. The van der Waals surface area contributed by atoms with E-state index in [9.17, 15) is 0 Å². The molecule has 64 valence electrons. The second-order valence-corrected chi connectivity index (χ2v) is 4.11. The second kappa shape index (κ2) is 2.29. The monoisotopic (exact) mass is 190 g/mol. The van der Waals surface area contributed by atoms with Gasteiger partial charge in [0.15, 0.2) is 12.0 Å². The first-order valence-electron chi connectivity index (χ1n) is 3.93. The number of thiazole rings is 1. The van der Waals surface area contributed by atoms with Gasteiger partial charge in [-0.1, -0.05) is 0 Å². The van der Waals surface area contributed by atoms with Crippen molar-refractivity contribution in [2.24, 2.45) is 0 Å². The average Bonchev–Trinajstić information content (AvgIpc) is 2.63. The van der Waals surface area contributed by atoms with Crippen molar-refractivity contribution in [1.82, 2.24) is 9.97 Å². The largest absolute Gasteiger partial charge is 0.443 e. The zero-order valence-electron chi connectivity index (χ0n) is 6.94. The maximum absolute atomic E-state index is 5.19. The van der Waals surface area contributed by atoms with Gasteiger partial charge in [0, 0.05) is 6.07 Å². The lowest BCUT2D eigenvalue weighted by Crippen LogP contribution is -1.69. The summed E-state index contributed by atoms with van der Waals surface area (Å²) in [5.74, 6) is 0. The number of aromatic nitrogens is 2. The minimum atomic E-state index is 0.804. The quantitative estimate of drug-likeness (QED) is 0.547. The fraction of sp³-hybridized carbons (Fsp3) is 0.111. The molecule has 3 aromatic rings. The van der Waals surface area contributed by atoms with E-state index in [-0.39, 0.29) is 0 Å². The highest BCUT2D eigenvalue weighted by Crippen LogP contribution is 2.26. The third-order valence-electron chi connectivity index (χ3n) is 1.95. The Bertz CT molecular complexity index is 533. The van der Waals surface area contributed by atoms with Crippen molar-refractivity contribution in [1.29, 1.82) is 0 Å². The van der Waals surface area contributed by atoms with Gasteiger partial charge in [0.2, 0.25) is 0 Å². The summed E-state index contributed by atoms with van der Waals surface area (Å²) in [5, 5.41) is 1.07. The van der Waals surface area contributed by atoms with Crippen molar-refractivity contribution in [3.63, 3.8) is 0 Å². The molecule has 0 fully saturated rings. The van der Waals surface area contributed by atoms with Crippen LogP contribution in [0.25, 0.3) is 21.3 Å². The van der Waals surface area contributed by atoms with E-state index < -0.39 is 0 Å². The highest BCUT2D eigenvalue weighted by atomic mass is 32.1. The lowest BCUT2D eigenvalue weighted by molar-refractivity contribution is 0.602. The molecule has 0 bridgehead atoms. The summed E-state index contributed by atoms with van der Waals surface area (Å²) < 4.78 is 6.35. The van der Waals surface area contributed by atoms with Gasteiger partial charge in [0.05, 0.1) is 15.2 Å². The van der Waals surface area contributed by atoms with E-state index in [1.165, 1.54) is 11.1 Å². The number of fused-ring (bicyclic) bond motifs is 2. The van der Waals surface area contributed by atoms with Crippen molar-refractivity contribution < 1.29 is 4.42 Å². The summed E-state index contributed by atoms with van der Waals surface area (Å²) >= 11 is 1.68. The summed E-state index contributed by atoms with van der Waals surface area (Å²) in [6.07, 6.45) is 1.46. The van der Waals surface area contributed by atoms with Gasteiger partial charge in [-0.25, -0.2) is 9.97 Å². The summed E-state index contributed by atoms with van der Waals surface area (Å²) in [6, 6.07) is 3.94. The Balaban J connectivity index is 2.54. The van der Waals surface area contributed by atoms with Crippen LogP contribution in [-0.2, 0) is 0 Å². The molecule has 2 heterocycles. The van der Waals surface area contributed by atoms with Crippen LogP contribution in [0.3, 0.4) is 0 Å². The van der Waals surface area contributed by atoms with E-state index in [0.717, 1.165) is 21.6 Å². The molecular weight excluding hydrogens is 184 g/mol. The van der Waals surface area contributed by atoms with E-state index in [4.69, 9.17) is 4.42 Å². The standard InChI is InChI=1S/C9H6N2OS/c1-5-11-7-2-8-6(10-4-12-8)3-9(7)13-5/h2-4H,1H3. The molecule has 4 heteroatoms. The Morgan fingerprint density at radius 1 is 1.31 bits per heavy atom. The van der Waals surface area contributed by atoms with Crippen LogP contribution in [0.4, 0.5) is 0 Å². The number of hydrogen-bond acceptors (Lipinski definition) is 4. The molecule has 0 atom stereocenters. The van der Waals surface area contributed by atoms with Gasteiger partial charge in [-0.15, -0.1) is 11.3 Å². The SMILES string of the molecule is Cc1nc2cc3ocnc3cc2s1. The Morgan fingerprint density at radius 2 is 2.23 bits per heavy atom. The highest BCUT2D eigenvalue weighted by Gasteiger charge is 2.04. The van der Waals surface area contributed by atoms with Crippen LogP contribution in [-0.4, -0.2) is 9.97 Å². The number of benzene rings is 1. The zero-order chi connectivity index (χ0) is 8.84. The molecule has 0 N–H and O–H groups in total. The van der Waals surface area contributed by atoms with Gasteiger partial charge in [-0.05, 0) is 13.0 Å². The van der Waals surface area contributed by atoms with Crippen LogP contribution < -0.4 is 0 Å². The Kier molecular flexibility index (Phi) is 1.24. The molecule has 0 saturated carbocycles. The minimum Gasteiger partial charge on any atom is -0.443 e. The van der Waals surface area contributed by atoms with Gasteiger partial charge in [-0.3, -0.25) is 0 Å². The molecule has 0 amide bonds. The van der Waals surface area contributed by atoms with Gasteiger partial charge in [0.25, 0.3) is 0 Å². The molecule has 0 radical (unpaired) electrons. The van der Waals surface area contributed by atoms with E-state index in [2.05, 4.69) is 9.97 Å². The van der Waals surface area contributed by atoms with Crippen LogP contribution in [0.15, 0.2) is 22.9 Å². The number of hydrogen-bond donors (Lipinski definition) is 0. The Labute approximate surface area is 78.0 Å². The molecule has 0 aliphatic carbocycles. The van der Waals surface area contributed by atoms with E-state index >= 15 is 0 Å². The highest BCUT2D eigenvalue weighted by molar-refractivity contribution is 7.18. The number of rotatable bonds is 0. The molecule has 2 aromatic heterocycles. The average molecular weight is 190 g/mol. The summed E-state index contributed by atoms with van der Waals surface area (Å²) in [6.45, 7) is 2.00. The second-order valence-electron chi connectivity index (χ2n) is 2.87. The van der Waals surface area contributed by atoms with Gasteiger partial charge in [-0.2, -0.15) is 0 Å². The molecule has 3 rings (SSSR count). The topological polar surface area (TPSA) is 38.9 Å².